The van der Waals surface area contributed by atoms with Gasteiger partial charge in [-0.3, -0.25) is 4.68 Å². The summed E-state index contributed by atoms with van der Waals surface area (Å²) in [5.74, 6) is 0.494. The summed E-state index contributed by atoms with van der Waals surface area (Å²) in [4.78, 5) is 0. The minimum absolute atomic E-state index is 0.0711. The Morgan fingerprint density at radius 2 is 2.20 bits per heavy atom. The largest absolute Gasteiger partial charge is 0.322 e. The second-order valence-electron chi connectivity index (χ2n) is 3.99. The molecular formula is C11H20BrN3. The minimum Gasteiger partial charge on any atom is -0.322 e. The van der Waals surface area contributed by atoms with E-state index in [9.17, 15) is 0 Å². The molecule has 0 aromatic carbocycles. The number of nitrogens with two attached hydrogens (primary N) is 1. The quantitative estimate of drug-likeness (QED) is 0.896. The third-order valence-corrected chi connectivity index (χ3v) is 3.42. The third kappa shape index (κ3) is 2.82. The summed E-state index contributed by atoms with van der Waals surface area (Å²) in [5.41, 5.74) is 7.38. The van der Waals surface area contributed by atoms with Gasteiger partial charge in [-0.05, 0) is 35.2 Å². The molecule has 0 amide bonds. The molecule has 0 aliphatic heterocycles. The fourth-order valence-corrected chi connectivity index (χ4v) is 2.42. The fraction of sp³-hybridized carbons (Fsp3) is 0.727. The smallest absolute Gasteiger partial charge is 0.0696 e. The van der Waals surface area contributed by atoms with Crippen LogP contribution in [-0.4, -0.2) is 9.78 Å². The van der Waals surface area contributed by atoms with E-state index in [1.807, 2.05) is 10.9 Å². The first-order chi connectivity index (χ1) is 7.11. The summed E-state index contributed by atoms with van der Waals surface area (Å²) < 4.78 is 3.00. The van der Waals surface area contributed by atoms with Crippen molar-refractivity contribution < 1.29 is 0 Å². The van der Waals surface area contributed by atoms with E-state index in [1.165, 1.54) is 6.42 Å². The summed E-state index contributed by atoms with van der Waals surface area (Å²) in [5, 5.41) is 4.29. The van der Waals surface area contributed by atoms with Crippen molar-refractivity contribution in [2.75, 3.05) is 0 Å². The average molecular weight is 274 g/mol. The second kappa shape index (κ2) is 5.66. The van der Waals surface area contributed by atoms with Gasteiger partial charge in [0.25, 0.3) is 0 Å². The molecule has 1 aromatic rings. The first kappa shape index (κ1) is 12.7. The molecular weight excluding hydrogens is 254 g/mol. The minimum atomic E-state index is 0.0711. The van der Waals surface area contributed by atoms with Crippen molar-refractivity contribution in [3.63, 3.8) is 0 Å². The van der Waals surface area contributed by atoms with E-state index in [2.05, 4.69) is 41.8 Å². The molecule has 0 bridgehead atoms. The summed E-state index contributed by atoms with van der Waals surface area (Å²) in [6.45, 7) is 7.34. The molecule has 1 heterocycles. The molecule has 0 saturated carbocycles. The van der Waals surface area contributed by atoms with E-state index in [4.69, 9.17) is 5.73 Å². The lowest BCUT2D eigenvalue weighted by Gasteiger charge is -2.20. The summed E-state index contributed by atoms with van der Waals surface area (Å²) >= 11 is 3.51. The van der Waals surface area contributed by atoms with Crippen LogP contribution >= 0.6 is 15.9 Å². The average Bonchev–Trinajstić information content (AvgIpc) is 2.58. The van der Waals surface area contributed by atoms with Crippen LogP contribution in [0.3, 0.4) is 0 Å². The van der Waals surface area contributed by atoms with Gasteiger partial charge >= 0.3 is 0 Å². The van der Waals surface area contributed by atoms with Crippen molar-refractivity contribution in [1.82, 2.24) is 9.78 Å². The van der Waals surface area contributed by atoms with Crippen LogP contribution in [0.25, 0.3) is 0 Å². The Labute approximate surface area is 100 Å². The van der Waals surface area contributed by atoms with Gasteiger partial charge in [-0.1, -0.05) is 20.3 Å². The molecule has 0 spiro atoms. The zero-order valence-electron chi connectivity index (χ0n) is 9.70. The van der Waals surface area contributed by atoms with Crippen molar-refractivity contribution >= 4 is 15.9 Å². The van der Waals surface area contributed by atoms with E-state index < -0.39 is 0 Å². The highest BCUT2D eigenvalue weighted by atomic mass is 79.9. The molecule has 4 heteroatoms. The van der Waals surface area contributed by atoms with Crippen LogP contribution in [0, 0.1) is 5.92 Å². The molecule has 2 unspecified atom stereocenters. The van der Waals surface area contributed by atoms with Crippen molar-refractivity contribution in [3.05, 3.63) is 16.4 Å². The highest BCUT2D eigenvalue weighted by molar-refractivity contribution is 9.10. The number of nitrogens with zero attached hydrogens (tertiary/aromatic N) is 2. The van der Waals surface area contributed by atoms with Crippen LogP contribution in [0.5, 0.6) is 0 Å². The Kier molecular flexibility index (Phi) is 4.80. The van der Waals surface area contributed by atoms with Crippen LogP contribution in [0.2, 0.25) is 0 Å². The normalized spacial score (nSPS) is 15.3. The molecule has 2 N–H and O–H groups in total. The highest BCUT2D eigenvalue weighted by Gasteiger charge is 2.20. The van der Waals surface area contributed by atoms with Gasteiger partial charge in [0.05, 0.1) is 22.4 Å². The van der Waals surface area contributed by atoms with Crippen LogP contribution in [0.15, 0.2) is 10.7 Å². The van der Waals surface area contributed by atoms with E-state index in [0.717, 1.165) is 23.1 Å². The molecule has 0 fully saturated rings. The van der Waals surface area contributed by atoms with Gasteiger partial charge in [0, 0.05) is 6.54 Å². The zero-order chi connectivity index (χ0) is 11.4. The Morgan fingerprint density at radius 1 is 1.53 bits per heavy atom. The maximum Gasteiger partial charge on any atom is 0.0696 e. The topological polar surface area (TPSA) is 43.8 Å². The summed E-state index contributed by atoms with van der Waals surface area (Å²) in [6, 6.07) is 0.0711. The fourth-order valence-electron chi connectivity index (χ4n) is 1.86. The van der Waals surface area contributed by atoms with E-state index in [0.29, 0.717) is 5.92 Å². The second-order valence-corrected chi connectivity index (χ2v) is 4.84. The maximum absolute atomic E-state index is 6.26. The lowest BCUT2D eigenvalue weighted by atomic mass is 9.95. The Hall–Kier alpha value is -0.350. The van der Waals surface area contributed by atoms with Crippen molar-refractivity contribution in [2.24, 2.45) is 11.7 Å². The van der Waals surface area contributed by atoms with E-state index >= 15 is 0 Å². The van der Waals surface area contributed by atoms with Crippen molar-refractivity contribution in [1.29, 1.82) is 0 Å². The molecule has 2 atom stereocenters. The Morgan fingerprint density at radius 3 is 2.73 bits per heavy atom. The third-order valence-electron chi connectivity index (χ3n) is 2.81. The maximum atomic E-state index is 6.26. The molecule has 0 saturated heterocycles. The van der Waals surface area contributed by atoms with Crippen molar-refractivity contribution in [3.8, 4) is 0 Å². The number of hydrogen-bond donors (Lipinski definition) is 1. The molecule has 0 aliphatic carbocycles. The predicted octanol–water partition coefficient (Wildman–Crippen LogP) is 3.10. The molecule has 1 rings (SSSR count). The van der Waals surface area contributed by atoms with Gasteiger partial charge in [-0.2, -0.15) is 5.10 Å². The van der Waals surface area contributed by atoms with E-state index in [1.54, 1.807) is 0 Å². The predicted molar refractivity (Wildman–Crippen MR) is 66.6 cm³/mol. The SMILES string of the molecule is CCCC(C)C(N)c1c(Br)cnn1CC. The number of halogens is 1. The molecule has 0 aliphatic rings. The molecule has 86 valence electrons. The highest BCUT2D eigenvalue weighted by Crippen LogP contribution is 2.28. The lowest BCUT2D eigenvalue weighted by molar-refractivity contribution is 0.406. The summed E-state index contributed by atoms with van der Waals surface area (Å²) in [6.07, 6.45) is 4.16. The van der Waals surface area contributed by atoms with Crippen LogP contribution in [0.1, 0.15) is 45.3 Å². The molecule has 15 heavy (non-hydrogen) atoms. The first-order valence-electron chi connectivity index (χ1n) is 5.58. The van der Waals surface area contributed by atoms with Gasteiger partial charge < -0.3 is 5.73 Å². The Balaban J connectivity index is 2.88. The van der Waals surface area contributed by atoms with Gasteiger partial charge in [-0.15, -0.1) is 0 Å². The van der Waals surface area contributed by atoms with Crippen LogP contribution in [-0.2, 0) is 6.54 Å². The molecule has 1 aromatic heterocycles. The standard InChI is InChI=1S/C11H20BrN3/c1-4-6-8(3)10(13)11-9(12)7-14-15(11)5-2/h7-8,10H,4-6,13H2,1-3H3. The number of rotatable bonds is 5. The van der Waals surface area contributed by atoms with Gasteiger partial charge in [-0.25, -0.2) is 0 Å². The van der Waals surface area contributed by atoms with Crippen LogP contribution in [0.4, 0.5) is 0 Å². The zero-order valence-corrected chi connectivity index (χ0v) is 11.3. The van der Waals surface area contributed by atoms with E-state index in [-0.39, 0.29) is 6.04 Å². The lowest BCUT2D eigenvalue weighted by Crippen LogP contribution is -2.23. The molecule has 0 radical (unpaired) electrons. The first-order valence-corrected chi connectivity index (χ1v) is 6.37. The van der Waals surface area contributed by atoms with Gasteiger partial charge in [0.1, 0.15) is 0 Å². The summed E-state index contributed by atoms with van der Waals surface area (Å²) in [7, 11) is 0. The monoisotopic (exact) mass is 273 g/mol. The number of hydrogen-bond acceptors (Lipinski definition) is 2. The Bertz CT molecular complexity index is 309. The van der Waals surface area contributed by atoms with Gasteiger partial charge in [0.2, 0.25) is 0 Å². The molecule has 3 nitrogen and oxygen atoms in total. The van der Waals surface area contributed by atoms with Gasteiger partial charge in [0.15, 0.2) is 0 Å². The van der Waals surface area contributed by atoms with Crippen molar-refractivity contribution in [2.45, 2.75) is 46.2 Å². The van der Waals surface area contributed by atoms with Crippen LogP contribution < -0.4 is 5.73 Å². The number of aryl methyl sites for hydroxylation is 1. The number of aromatic nitrogens is 2.